The summed E-state index contributed by atoms with van der Waals surface area (Å²) in [5, 5.41) is 3.25. The van der Waals surface area contributed by atoms with E-state index in [1.165, 1.54) is 4.31 Å². The molecule has 1 amide bonds. The van der Waals surface area contributed by atoms with E-state index in [9.17, 15) is 13.2 Å². The van der Waals surface area contributed by atoms with Gasteiger partial charge in [0.05, 0.1) is 12.3 Å². The summed E-state index contributed by atoms with van der Waals surface area (Å²) in [6.45, 7) is 4.61. The Labute approximate surface area is 102 Å². The summed E-state index contributed by atoms with van der Waals surface area (Å²) in [5.41, 5.74) is 0. The molecule has 0 aromatic carbocycles. The minimum atomic E-state index is -3.16. The molecule has 17 heavy (non-hydrogen) atoms. The molecule has 98 valence electrons. The fourth-order valence-electron chi connectivity index (χ4n) is 2.28. The van der Waals surface area contributed by atoms with Gasteiger partial charge in [-0.1, -0.05) is 0 Å². The number of carbonyl (C=O) groups is 1. The summed E-state index contributed by atoms with van der Waals surface area (Å²) in [6.07, 6.45) is 0.633. The van der Waals surface area contributed by atoms with E-state index >= 15 is 0 Å². The molecule has 1 unspecified atom stereocenters. The van der Waals surface area contributed by atoms with Crippen molar-refractivity contribution >= 4 is 15.9 Å². The lowest BCUT2D eigenvalue weighted by Gasteiger charge is -2.32. The summed E-state index contributed by atoms with van der Waals surface area (Å²) >= 11 is 0. The van der Waals surface area contributed by atoms with Crippen LogP contribution >= 0.6 is 0 Å². The number of rotatable bonds is 2. The number of hydrogen-bond donors (Lipinski definition) is 1. The Kier molecular flexibility index (Phi) is 3.70. The van der Waals surface area contributed by atoms with Gasteiger partial charge < -0.3 is 10.2 Å². The number of nitrogens with one attached hydrogen (secondary N) is 1. The van der Waals surface area contributed by atoms with Crippen molar-refractivity contribution in [2.45, 2.75) is 19.4 Å². The van der Waals surface area contributed by atoms with Crippen LogP contribution in [0.25, 0.3) is 0 Å². The van der Waals surface area contributed by atoms with E-state index in [0.29, 0.717) is 26.1 Å². The molecule has 0 aliphatic carbocycles. The van der Waals surface area contributed by atoms with Crippen molar-refractivity contribution in [2.75, 3.05) is 38.5 Å². The second-order valence-electron chi connectivity index (χ2n) is 4.70. The Morgan fingerprint density at radius 2 is 2.18 bits per heavy atom. The molecule has 2 saturated heterocycles. The molecule has 7 heteroatoms. The molecule has 0 aromatic rings. The second-order valence-corrected chi connectivity index (χ2v) is 6.79. The van der Waals surface area contributed by atoms with Crippen molar-refractivity contribution in [2.24, 2.45) is 0 Å². The maximum atomic E-state index is 12.0. The molecule has 0 bridgehead atoms. The summed E-state index contributed by atoms with van der Waals surface area (Å²) < 4.78 is 24.5. The molecule has 2 rings (SSSR count). The van der Waals surface area contributed by atoms with Gasteiger partial charge in [-0.25, -0.2) is 8.42 Å². The van der Waals surface area contributed by atoms with Crippen LogP contribution in [0.5, 0.6) is 0 Å². The van der Waals surface area contributed by atoms with Crippen molar-refractivity contribution in [1.82, 2.24) is 14.5 Å². The van der Waals surface area contributed by atoms with Crippen molar-refractivity contribution < 1.29 is 13.2 Å². The van der Waals surface area contributed by atoms with Gasteiger partial charge in [0.25, 0.3) is 0 Å². The van der Waals surface area contributed by atoms with Gasteiger partial charge in [0.15, 0.2) is 0 Å². The number of piperazine rings is 1. The van der Waals surface area contributed by atoms with Crippen molar-refractivity contribution in [3.05, 3.63) is 0 Å². The Bertz CT molecular complexity index is 396. The second kappa shape index (κ2) is 4.91. The molecule has 6 nitrogen and oxygen atoms in total. The monoisotopic (exact) mass is 261 g/mol. The zero-order chi connectivity index (χ0) is 12.5. The van der Waals surface area contributed by atoms with Crippen molar-refractivity contribution in [3.8, 4) is 0 Å². The van der Waals surface area contributed by atoms with Crippen LogP contribution in [0.1, 0.15) is 13.3 Å². The SMILES string of the molecule is CC1CN(C(=O)CN2CCCS2(=O)=O)CCN1. The van der Waals surface area contributed by atoms with Gasteiger partial charge in [0.1, 0.15) is 0 Å². The third-order valence-corrected chi connectivity index (χ3v) is 5.14. The highest BCUT2D eigenvalue weighted by atomic mass is 32.2. The van der Waals surface area contributed by atoms with Crippen LogP contribution in [0.2, 0.25) is 0 Å². The first kappa shape index (κ1) is 12.8. The van der Waals surface area contributed by atoms with Crippen LogP contribution in [0.3, 0.4) is 0 Å². The minimum Gasteiger partial charge on any atom is -0.339 e. The van der Waals surface area contributed by atoms with Gasteiger partial charge in [-0.2, -0.15) is 4.31 Å². The smallest absolute Gasteiger partial charge is 0.237 e. The molecule has 0 saturated carbocycles. The Morgan fingerprint density at radius 1 is 1.41 bits per heavy atom. The van der Waals surface area contributed by atoms with Gasteiger partial charge in [-0.05, 0) is 13.3 Å². The highest BCUT2D eigenvalue weighted by Crippen LogP contribution is 2.13. The maximum Gasteiger partial charge on any atom is 0.237 e. The van der Waals surface area contributed by atoms with Crippen LogP contribution in [0, 0.1) is 0 Å². The van der Waals surface area contributed by atoms with Gasteiger partial charge in [0.2, 0.25) is 15.9 Å². The standard InChI is InChI=1S/C10H19N3O3S/c1-9-7-12(5-3-11-9)10(14)8-13-4-2-6-17(13,15)16/h9,11H,2-8H2,1H3. The molecule has 2 fully saturated rings. The first-order valence-electron chi connectivity index (χ1n) is 5.98. The fraction of sp³-hybridized carbons (Fsp3) is 0.900. The third-order valence-electron chi connectivity index (χ3n) is 3.24. The fourth-order valence-corrected chi connectivity index (χ4v) is 3.75. The van der Waals surface area contributed by atoms with E-state index in [0.717, 1.165) is 6.54 Å². The third kappa shape index (κ3) is 2.97. The Balaban J connectivity index is 1.93. The molecule has 1 atom stereocenters. The lowest BCUT2D eigenvalue weighted by atomic mass is 10.2. The number of carbonyl (C=O) groups excluding carboxylic acids is 1. The normalized spacial score (nSPS) is 29.5. The van der Waals surface area contributed by atoms with E-state index in [1.54, 1.807) is 4.90 Å². The van der Waals surface area contributed by atoms with Crippen LogP contribution in [-0.2, 0) is 14.8 Å². The Hall–Kier alpha value is -0.660. The largest absolute Gasteiger partial charge is 0.339 e. The summed E-state index contributed by atoms with van der Waals surface area (Å²) in [4.78, 5) is 13.7. The Morgan fingerprint density at radius 3 is 2.76 bits per heavy atom. The average molecular weight is 261 g/mol. The molecule has 0 spiro atoms. The summed E-state index contributed by atoms with van der Waals surface area (Å²) in [7, 11) is -3.16. The minimum absolute atomic E-state index is 0.00898. The van der Waals surface area contributed by atoms with Gasteiger partial charge in [-0.15, -0.1) is 0 Å². The molecular weight excluding hydrogens is 242 g/mol. The number of amides is 1. The lowest BCUT2D eigenvalue weighted by Crippen LogP contribution is -2.53. The predicted octanol–water partition coefficient (Wildman–Crippen LogP) is -1.16. The van der Waals surface area contributed by atoms with E-state index in [-0.39, 0.29) is 24.2 Å². The maximum absolute atomic E-state index is 12.0. The lowest BCUT2D eigenvalue weighted by molar-refractivity contribution is -0.132. The molecule has 0 aromatic heterocycles. The summed E-state index contributed by atoms with van der Waals surface area (Å²) in [6, 6.07) is 0.280. The molecular formula is C10H19N3O3S. The highest BCUT2D eigenvalue weighted by molar-refractivity contribution is 7.89. The molecule has 1 N–H and O–H groups in total. The number of sulfonamides is 1. The van der Waals surface area contributed by atoms with Crippen LogP contribution in [0.4, 0.5) is 0 Å². The quantitative estimate of drug-likeness (QED) is 0.681. The van der Waals surface area contributed by atoms with E-state index in [2.05, 4.69) is 5.32 Å². The molecule has 2 aliphatic rings. The molecule has 2 heterocycles. The zero-order valence-electron chi connectivity index (χ0n) is 10.1. The number of nitrogens with zero attached hydrogens (tertiary/aromatic N) is 2. The summed E-state index contributed by atoms with van der Waals surface area (Å²) in [5.74, 6) is 0.0990. The number of hydrogen-bond acceptors (Lipinski definition) is 4. The zero-order valence-corrected chi connectivity index (χ0v) is 10.9. The van der Waals surface area contributed by atoms with Crippen LogP contribution in [-0.4, -0.2) is 68.0 Å². The average Bonchev–Trinajstić information content (AvgIpc) is 2.58. The van der Waals surface area contributed by atoms with Crippen molar-refractivity contribution in [1.29, 1.82) is 0 Å². The first-order valence-corrected chi connectivity index (χ1v) is 7.59. The first-order chi connectivity index (χ1) is 7.99. The van der Waals surface area contributed by atoms with Crippen LogP contribution in [0.15, 0.2) is 0 Å². The highest BCUT2D eigenvalue weighted by Gasteiger charge is 2.31. The molecule has 0 radical (unpaired) electrons. The van der Waals surface area contributed by atoms with E-state index in [1.807, 2.05) is 6.92 Å². The van der Waals surface area contributed by atoms with Gasteiger partial charge in [-0.3, -0.25) is 4.79 Å². The topological polar surface area (TPSA) is 69.7 Å². The van der Waals surface area contributed by atoms with Crippen LogP contribution < -0.4 is 5.32 Å². The van der Waals surface area contributed by atoms with E-state index < -0.39 is 10.0 Å². The van der Waals surface area contributed by atoms with Gasteiger partial charge >= 0.3 is 0 Å². The van der Waals surface area contributed by atoms with Crippen molar-refractivity contribution in [3.63, 3.8) is 0 Å². The van der Waals surface area contributed by atoms with Gasteiger partial charge in [0, 0.05) is 32.2 Å². The predicted molar refractivity (Wildman–Crippen MR) is 64.0 cm³/mol. The molecule has 2 aliphatic heterocycles. The van der Waals surface area contributed by atoms with E-state index in [4.69, 9.17) is 0 Å².